The lowest BCUT2D eigenvalue weighted by Gasteiger charge is -2.34. The molecule has 1 heterocycles. The molecule has 1 aliphatic heterocycles. The maximum atomic E-state index is 12.8. The molecule has 1 amide bonds. The number of benzene rings is 2. The predicted molar refractivity (Wildman–Crippen MR) is 108 cm³/mol. The molecule has 0 bridgehead atoms. The van der Waals surface area contributed by atoms with Gasteiger partial charge in [-0.2, -0.15) is 4.31 Å². The van der Waals surface area contributed by atoms with Crippen LogP contribution in [0.1, 0.15) is 11.1 Å². The van der Waals surface area contributed by atoms with Gasteiger partial charge in [0.2, 0.25) is 15.9 Å². The molecule has 0 saturated carbocycles. The van der Waals surface area contributed by atoms with Gasteiger partial charge in [0.15, 0.2) is 0 Å². The van der Waals surface area contributed by atoms with Crippen LogP contribution in [0.5, 0.6) is 5.75 Å². The van der Waals surface area contributed by atoms with Crippen LogP contribution in [0.4, 0.5) is 0 Å². The third-order valence-electron chi connectivity index (χ3n) is 4.85. The minimum atomic E-state index is -3.61. The quantitative estimate of drug-likeness (QED) is 0.743. The van der Waals surface area contributed by atoms with Crippen molar-refractivity contribution in [1.82, 2.24) is 9.21 Å². The van der Waals surface area contributed by atoms with Crippen molar-refractivity contribution in [3.05, 3.63) is 58.6 Å². The number of ether oxygens (including phenoxy) is 1. The molecule has 0 unspecified atom stereocenters. The van der Waals surface area contributed by atoms with Crippen molar-refractivity contribution in [2.24, 2.45) is 0 Å². The van der Waals surface area contributed by atoms with Gasteiger partial charge >= 0.3 is 0 Å². The highest BCUT2D eigenvalue weighted by Gasteiger charge is 2.30. The van der Waals surface area contributed by atoms with E-state index >= 15 is 0 Å². The number of amides is 1. The van der Waals surface area contributed by atoms with Gasteiger partial charge < -0.3 is 9.64 Å². The SMILES string of the molecule is COc1cc(CC(=O)N2CCN(S(=O)(=O)c3cccc(Cl)c3)CC2)ccc1C. The molecule has 6 nitrogen and oxygen atoms in total. The fourth-order valence-corrected chi connectivity index (χ4v) is 4.94. The van der Waals surface area contributed by atoms with Crippen LogP contribution in [0, 0.1) is 6.92 Å². The first-order valence-electron chi connectivity index (χ1n) is 8.98. The maximum absolute atomic E-state index is 12.8. The molecule has 3 rings (SSSR count). The highest BCUT2D eigenvalue weighted by atomic mass is 35.5. The van der Waals surface area contributed by atoms with Crippen molar-refractivity contribution in [2.45, 2.75) is 18.2 Å². The lowest BCUT2D eigenvalue weighted by molar-refractivity contribution is -0.131. The zero-order valence-corrected chi connectivity index (χ0v) is 17.5. The van der Waals surface area contributed by atoms with Gasteiger partial charge in [0, 0.05) is 31.2 Å². The van der Waals surface area contributed by atoms with E-state index in [-0.39, 0.29) is 30.3 Å². The first-order valence-corrected chi connectivity index (χ1v) is 10.8. The lowest BCUT2D eigenvalue weighted by atomic mass is 10.1. The third-order valence-corrected chi connectivity index (χ3v) is 6.98. The highest BCUT2D eigenvalue weighted by molar-refractivity contribution is 7.89. The Morgan fingerprint density at radius 1 is 1.11 bits per heavy atom. The summed E-state index contributed by atoms with van der Waals surface area (Å²) in [7, 11) is -2.01. The average Bonchev–Trinajstić information content (AvgIpc) is 2.69. The van der Waals surface area contributed by atoms with Gasteiger partial charge in [0.25, 0.3) is 0 Å². The number of aryl methyl sites for hydroxylation is 1. The summed E-state index contributed by atoms with van der Waals surface area (Å²) in [4.78, 5) is 14.5. The van der Waals surface area contributed by atoms with Crippen LogP contribution >= 0.6 is 11.6 Å². The number of carbonyl (C=O) groups excluding carboxylic acids is 1. The van der Waals surface area contributed by atoms with Gasteiger partial charge in [-0.25, -0.2) is 8.42 Å². The summed E-state index contributed by atoms with van der Waals surface area (Å²) in [6.07, 6.45) is 0.262. The minimum Gasteiger partial charge on any atom is -0.496 e. The minimum absolute atomic E-state index is 0.0225. The van der Waals surface area contributed by atoms with Crippen LogP contribution in [-0.4, -0.2) is 56.8 Å². The van der Waals surface area contributed by atoms with Crippen LogP contribution in [0.25, 0.3) is 0 Å². The van der Waals surface area contributed by atoms with Crippen molar-refractivity contribution < 1.29 is 17.9 Å². The van der Waals surface area contributed by atoms with Gasteiger partial charge in [-0.1, -0.05) is 29.8 Å². The summed E-state index contributed by atoms with van der Waals surface area (Å²) >= 11 is 5.92. The molecule has 2 aromatic rings. The summed E-state index contributed by atoms with van der Waals surface area (Å²) in [5.74, 6) is 0.730. The molecule has 28 heavy (non-hydrogen) atoms. The Labute approximate surface area is 170 Å². The number of nitrogens with zero attached hydrogens (tertiary/aromatic N) is 2. The van der Waals surface area contributed by atoms with Crippen molar-refractivity contribution >= 4 is 27.5 Å². The Bertz CT molecular complexity index is 970. The van der Waals surface area contributed by atoms with E-state index in [1.165, 1.54) is 16.4 Å². The summed E-state index contributed by atoms with van der Waals surface area (Å²) in [6.45, 7) is 3.20. The molecule has 0 aliphatic carbocycles. The molecule has 150 valence electrons. The summed E-state index contributed by atoms with van der Waals surface area (Å²) in [5, 5.41) is 0.378. The predicted octanol–water partition coefficient (Wildman–Crippen LogP) is 2.73. The molecular weight excluding hydrogens is 400 g/mol. The molecule has 0 N–H and O–H groups in total. The summed E-state index contributed by atoms with van der Waals surface area (Å²) in [5.41, 5.74) is 1.89. The van der Waals surface area contributed by atoms with E-state index in [1.54, 1.807) is 24.1 Å². The number of halogens is 1. The smallest absolute Gasteiger partial charge is 0.243 e. The van der Waals surface area contributed by atoms with E-state index in [4.69, 9.17) is 16.3 Å². The van der Waals surface area contributed by atoms with Crippen LogP contribution in [0.3, 0.4) is 0 Å². The van der Waals surface area contributed by atoms with Crippen LogP contribution < -0.4 is 4.74 Å². The lowest BCUT2D eigenvalue weighted by Crippen LogP contribution is -2.50. The van der Waals surface area contributed by atoms with Gasteiger partial charge in [-0.15, -0.1) is 0 Å². The Morgan fingerprint density at radius 3 is 2.46 bits per heavy atom. The molecule has 1 saturated heterocycles. The van der Waals surface area contributed by atoms with Crippen LogP contribution in [0.15, 0.2) is 47.4 Å². The molecule has 1 fully saturated rings. The second-order valence-electron chi connectivity index (χ2n) is 6.72. The second-order valence-corrected chi connectivity index (χ2v) is 9.10. The zero-order valence-electron chi connectivity index (χ0n) is 15.9. The number of hydrogen-bond acceptors (Lipinski definition) is 4. The van der Waals surface area contributed by atoms with E-state index in [2.05, 4.69) is 0 Å². The first-order chi connectivity index (χ1) is 13.3. The van der Waals surface area contributed by atoms with Gasteiger partial charge in [-0.05, 0) is 42.3 Å². The fraction of sp³-hybridized carbons (Fsp3) is 0.350. The van der Waals surface area contributed by atoms with E-state index in [0.29, 0.717) is 18.1 Å². The molecule has 0 radical (unpaired) electrons. The van der Waals surface area contributed by atoms with Crippen molar-refractivity contribution in [3.8, 4) is 5.75 Å². The molecule has 2 aromatic carbocycles. The normalized spacial score (nSPS) is 15.5. The third kappa shape index (κ3) is 4.48. The standard InChI is InChI=1S/C20H23ClN2O4S/c1-15-6-7-16(12-19(15)27-2)13-20(24)22-8-10-23(11-9-22)28(25,26)18-5-3-4-17(21)14-18/h3-7,12,14H,8-11,13H2,1-2H3. The molecule has 0 atom stereocenters. The molecular formula is C20H23ClN2O4S. The Balaban J connectivity index is 1.62. The number of piperazine rings is 1. The Hall–Kier alpha value is -2.09. The topological polar surface area (TPSA) is 66.9 Å². The monoisotopic (exact) mass is 422 g/mol. The Kier molecular flexibility index (Phi) is 6.27. The highest BCUT2D eigenvalue weighted by Crippen LogP contribution is 2.22. The van der Waals surface area contributed by atoms with E-state index in [1.807, 2.05) is 25.1 Å². The number of sulfonamides is 1. The number of hydrogen-bond donors (Lipinski definition) is 0. The van der Waals surface area contributed by atoms with Gasteiger partial charge in [0.05, 0.1) is 18.4 Å². The fourth-order valence-electron chi connectivity index (χ4n) is 3.22. The molecule has 0 spiro atoms. The zero-order chi connectivity index (χ0) is 20.3. The first kappa shape index (κ1) is 20.6. The van der Waals surface area contributed by atoms with E-state index < -0.39 is 10.0 Å². The maximum Gasteiger partial charge on any atom is 0.243 e. The molecule has 0 aromatic heterocycles. The van der Waals surface area contributed by atoms with E-state index in [9.17, 15) is 13.2 Å². The van der Waals surface area contributed by atoms with Crippen LogP contribution in [0.2, 0.25) is 5.02 Å². The number of carbonyl (C=O) groups is 1. The Morgan fingerprint density at radius 2 is 1.82 bits per heavy atom. The van der Waals surface area contributed by atoms with Gasteiger partial charge in [0.1, 0.15) is 5.75 Å². The van der Waals surface area contributed by atoms with Gasteiger partial charge in [-0.3, -0.25) is 4.79 Å². The number of methoxy groups -OCH3 is 1. The number of rotatable bonds is 5. The van der Waals surface area contributed by atoms with Crippen molar-refractivity contribution in [1.29, 1.82) is 0 Å². The van der Waals surface area contributed by atoms with Crippen LogP contribution in [-0.2, 0) is 21.2 Å². The summed E-state index contributed by atoms with van der Waals surface area (Å²) in [6, 6.07) is 11.9. The largest absolute Gasteiger partial charge is 0.496 e. The molecule has 1 aliphatic rings. The van der Waals surface area contributed by atoms with E-state index in [0.717, 1.165) is 16.9 Å². The molecule has 8 heteroatoms. The van der Waals surface area contributed by atoms with Crippen molar-refractivity contribution in [3.63, 3.8) is 0 Å². The average molecular weight is 423 g/mol. The summed E-state index contributed by atoms with van der Waals surface area (Å²) < 4.78 is 32.2. The second kappa shape index (κ2) is 8.51. The van der Waals surface area contributed by atoms with Crippen molar-refractivity contribution in [2.75, 3.05) is 33.3 Å².